The van der Waals surface area contributed by atoms with E-state index in [9.17, 15) is 9.59 Å². The van der Waals surface area contributed by atoms with Crippen molar-refractivity contribution in [1.82, 2.24) is 9.97 Å². The van der Waals surface area contributed by atoms with Gasteiger partial charge in [0.2, 0.25) is 0 Å². The first-order chi connectivity index (χ1) is 13.0. The lowest BCUT2D eigenvalue weighted by Gasteiger charge is -2.08. The van der Waals surface area contributed by atoms with Crippen molar-refractivity contribution in [1.29, 1.82) is 0 Å². The van der Waals surface area contributed by atoms with Gasteiger partial charge in [-0.05, 0) is 25.1 Å². The second-order valence-electron chi connectivity index (χ2n) is 5.88. The molecule has 2 N–H and O–H groups in total. The number of fused-ring (bicyclic) bond motifs is 1. The van der Waals surface area contributed by atoms with Gasteiger partial charge in [0, 0.05) is 11.3 Å². The molecule has 3 rings (SSSR count). The molecule has 0 fully saturated rings. The van der Waals surface area contributed by atoms with Crippen molar-refractivity contribution in [2.45, 2.75) is 6.92 Å². The molecule has 0 aliphatic carbocycles. The van der Waals surface area contributed by atoms with E-state index in [1.807, 2.05) is 37.3 Å². The van der Waals surface area contributed by atoms with E-state index in [-0.39, 0.29) is 5.70 Å². The Hall–Kier alpha value is -3.61. The summed E-state index contributed by atoms with van der Waals surface area (Å²) in [5, 5.41) is 2.88. The number of methoxy groups -OCH3 is 2. The molecule has 0 radical (unpaired) electrons. The van der Waals surface area contributed by atoms with Crippen LogP contribution in [0, 0.1) is 6.92 Å². The van der Waals surface area contributed by atoms with Crippen LogP contribution in [0.15, 0.2) is 54.2 Å². The summed E-state index contributed by atoms with van der Waals surface area (Å²) in [7, 11) is 2.47. The fraction of sp³-hybridized carbons (Fsp3) is 0.150. The molecule has 0 saturated carbocycles. The Kier molecular flexibility index (Phi) is 5.21. The van der Waals surface area contributed by atoms with Crippen molar-refractivity contribution >= 4 is 28.7 Å². The molecule has 138 valence electrons. The van der Waals surface area contributed by atoms with E-state index in [4.69, 9.17) is 4.74 Å². The summed E-state index contributed by atoms with van der Waals surface area (Å²) in [5.41, 5.74) is 4.30. The van der Waals surface area contributed by atoms with E-state index >= 15 is 0 Å². The number of nitrogens with zero attached hydrogens (tertiary/aromatic N) is 1. The highest BCUT2D eigenvalue weighted by molar-refractivity contribution is 5.99. The Balaban J connectivity index is 1.91. The smallest absolute Gasteiger partial charge is 0.354 e. The van der Waals surface area contributed by atoms with Crippen LogP contribution >= 0.6 is 0 Å². The van der Waals surface area contributed by atoms with Gasteiger partial charge < -0.3 is 19.8 Å². The Morgan fingerprint density at radius 1 is 1.07 bits per heavy atom. The first-order valence-electron chi connectivity index (χ1n) is 8.22. The Morgan fingerprint density at radius 2 is 1.81 bits per heavy atom. The Labute approximate surface area is 156 Å². The van der Waals surface area contributed by atoms with Crippen molar-refractivity contribution in [3.05, 3.63) is 59.8 Å². The highest BCUT2D eigenvalue weighted by Gasteiger charge is 2.13. The van der Waals surface area contributed by atoms with Gasteiger partial charge in [-0.1, -0.05) is 29.8 Å². The summed E-state index contributed by atoms with van der Waals surface area (Å²) < 4.78 is 9.26. The highest BCUT2D eigenvalue weighted by Crippen LogP contribution is 2.24. The van der Waals surface area contributed by atoms with Gasteiger partial charge in [0.15, 0.2) is 0 Å². The molecule has 7 heteroatoms. The van der Waals surface area contributed by atoms with E-state index in [2.05, 4.69) is 20.0 Å². The molecule has 0 saturated heterocycles. The van der Waals surface area contributed by atoms with Crippen LogP contribution in [0.5, 0.6) is 0 Å². The molecule has 0 amide bonds. The van der Waals surface area contributed by atoms with Crippen LogP contribution in [0.1, 0.15) is 5.56 Å². The van der Waals surface area contributed by atoms with Gasteiger partial charge in [0.1, 0.15) is 11.5 Å². The van der Waals surface area contributed by atoms with Crippen molar-refractivity contribution < 1.29 is 19.1 Å². The number of ether oxygens (including phenoxy) is 2. The molecule has 3 aromatic rings. The molecule has 0 spiro atoms. The molecule has 0 unspecified atom stereocenters. The largest absolute Gasteiger partial charge is 0.466 e. The Morgan fingerprint density at radius 3 is 2.48 bits per heavy atom. The third-order valence-electron chi connectivity index (χ3n) is 3.95. The lowest BCUT2D eigenvalue weighted by Crippen LogP contribution is -2.15. The molecule has 27 heavy (non-hydrogen) atoms. The number of imidazole rings is 1. The normalized spacial score (nSPS) is 11.3. The maximum absolute atomic E-state index is 11.9. The van der Waals surface area contributed by atoms with Crippen molar-refractivity contribution in [2.75, 3.05) is 19.5 Å². The van der Waals surface area contributed by atoms with Gasteiger partial charge in [0.25, 0.3) is 0 Å². The zero-order valence-electron chi connectivity index (χ0n) is 15.2. The number of rotatable bonds is 5. The first kappa shape index (κ1) is 18.2. The van der Waals surface area contributed by atoms with E-state index in [1.54, 1.807) is 12.1 Å². The zero-order chi connectivity index (χ0) is 19.4. The third kappa shape index (κ3) is 4.14. The summed E-state index contributed by atoms with van der Waals surface area (Å²) in [4.78, 5) is 31.2. The fourth-order valence-electron chi connectivity index (χ4n) is 2.52. The monoisotopic (exact) mass is 365 g/mol. The van der Waals surface area contributed by atoms with E-state index in [0.717, 1.165) is 28.5 Å². The number of H-pyrrole nitrogens is 1. The lowest BCUT2D eigenvalue weighted by molar-refractivity contribution is -0.138. The van der Waals surface area contributed by atoms with Gasteiger partial charge in [-0.2, -0.15) is 0 Å². The lowest BCUT2D eigenvalue weighted by atomic mass is 10.1. The summed E-state index contributed by atoms with van der Waals surface area (Å²) in [6, 6.07) is 13.4. The van der Waals surface area contributed by atoms with Gasteiger partial charge in [-0.25, -0.2) is 14.6 Å². The van der Waals surface area contributed by atoms with Crippen LogP contribution in [0.4, 0.5) is 5.69 Å². The maximum Gasteiger partial charge on any atom is 0.354 e. The third-order valence-corrected chi connectivity index (χ3v) is 3.95. The van der Waals surface area contributed by atoms with Crippen LogP contribution in [-0.2, 0) is 19.1 Å². The molecule has 7 nitrogen and oxygen atoms in total. The molecule has 0 aliphatic heterocycles. The molecule has 1 heterocycles. The van der Waals surface area contributed by atoms with Crippen LogP contribution in [0.3, 0.4) is 0 Å². The summed E-state index contributed by atoms with van der Waals surface area (Å²) >= 11 is 0. The average Bonchev–Trinajstić information content (AvgIpc) is 3.10. The topological polar surface area (TPSA) is 93.3 Å². The number of carbonyl (C=O) groups is 2. The number of aromatic nitrogens is 2. The minimum Gasteiger partial charge on any atom is -0.466 e. The Bertz CT molecular complexity index is 1020. The minimum atomic E-state index is -0.676. The van der Waals surface area contributed by atoms with E-state index < -0.39 is 11.9 Å². The number of aromatic amines is 1. The van der Waals surface area contributed by atoms with Gasteiger partial charge in [0.05, 0.1) is 31.3 Å². The molecular weight excluding hydrogens is 346 g/mol. The number of esters is 2. The first-order valence-corrected chi connectivity index (χ1v) is 8.22. The number of benzene rings is 2. The van der Waals surface area contributed by atoms with Crippen LogP contribution in [0.25, 0.3) is 22.4 Å². The quantitative estimate of drug-likeness (QED) is 0.533. The standard InChI is InChI=1S/C20H19N3O4/c1-12-4-6-13(7-5-12)19-22-15-9-8-14(10-16(15)23-19)21-17(20(25)27-3)11-18(24)26-2/h4-11,21H,1-3H3,(H,22,23)/b17-11+. The molecule has 2 aromatic carbocycles. The second kappa shape index (κ2) is 7.74. The van der Waals surface area contributed by atoms with Gasteiger partial charge in [-0.15, -0.1) is 0 Å². The van der Waals surface area contributed by atoms with Crippen molar-refractivity contribution in [3.8, 4) is 11.4 Å². The number of hydrogen-bond donors (Lipinski definition) is 2. The predicted octanol–water partition coefficient (Wildman–Crippen LogP) is 3.18. The fourth-order valence-corrected chi connectivity index (χ4v) is 2.52. The molecule has 0 atom stereocenters. The van der Waals surface area contributed by atoms with Crippen LogP contribution < -0.4 is 5.32 Å². The summed E-state index contributed by atoms with van der Waals surface area (Å²) in [6.45, 7) is 2.03. The van der Waals surface area contributed by atoms with E-state index in [0.29, 0.717) is 5.69 Å². The minimum absolute atomic E-state index is 0.0260. The maximum atomic E-state index is 11.9. The van der Waals surface area contributed by atoms with Crippen molar-refractivity contribution in [2.24, 2.45) is 0 Å². The highest BCUT2D eigenvalue weighted by atomic mass is 16.5. The van der Waals surface area contributed by atoms with Gasteiger partial charge >= 0.3 is 11.9 Å². The van der Waals surface area contributed by atoms with Crippen LogP contribution in [0.2, 0.25) is 0 Å². The number of nitrogens with one attached hydrogen (secondary N) is 2. The predicted molar refractivity (Wildman–Crippen MR) is 102 cm³/mol. The summed E-state index contributed by atoms with van der Waals surface area (Å²) in [6.07, 6.45) is 1.04. The van der Waals surface area contributed by atoms with Gasteiger partial charge in [-0.3, -0.25) is 0 Å². The molecule has 0 aliphatic rings. The average molecular weight is 365 g/mol. The zero-order valence-corrected chi connectivity index (χ0v) is 15.2. The molecule has 1 aromatic heterocycles. The molecular formula is C20H19N3O4. The van der Waals surface area contributed by atoms with Crippen molar-refractivity contribution in [3.63, 3.8) is 0 Å². The SMILES string of the molecule is COC(=O)/C=C(/Nc1ccc2nc(-c3ccc(C)cc3)[nH]c2c1)C(=O)OC. The van der Waals surface area contributed by atoms with E-state index in [1.165, 1.54) is 19.8 Å². The number of carbonyl (C=O) groups excluding carboxylic acids is 2. The second-order valence-corrected chi connectivity index (χ2v) is 5.88. The van der Waals surface area contributed by atoms with Crippen LogP contribution in [-0.4, -0.2) is 36.1 Å². The number of anilines is 1. The molecule has 0 bridgehead atoms. The number of aryl methyl sites for hydroxylation is 1. The summed E-state index contributed by atoms with van der Waals surface area (Å²) in [5.74, 6) is -0.585. The number of hydrogen-bond acceptors (Lipinski definition) is 6.